The molecule has 2 fully saturated rings. The van der Waals surface area contributed by atoms with Crippen molar-refractivity contribution in [2.75, 3.05) is 18.0 Å². The van der Waals surface area contributed by atoms with Crippen LogP contribution < -0.4 is 10.6 Å². The largest absolute Gasteiger partial charge is 0.342 e. The van der Waals surface area contributed by atoms with Crippen LogP contribution >= 0.6 is 0 Å². The van der Waals surface area contributed by atoms with Crippen molar-refractivity contribution < 1.29 is 0 Å². The molecule has 19 heavy (non-hydrogen) atoms. The molecule has 4 nitrogen and oxygen atoms in total. The normalized spacial score (nSPS) is 30.6. The molecule has 2 aliphatic rings. The summed E-state index contributed by atoms with van der Waals surface area (Å²) in [5.41, 5.74) is 6.30. The first kappa shape index (κ1) is 13.0. The van der Waals surface area contributed by atoms with E-state index in [2.05, 4.69) is 27.6 Å². The molecule has 1 aromatic rings. The Morgan fingerprint density at radius 2 is 2.26 bits per heavy atom. The Balaban J connectivity index is 1.72. The highest BCUT2D eigenvalue weighted by molar-refractivity contribution is 5.34. The van der Waals surface area contributed by atoms with Crippen molar-refractivity contribution in [3.63, 3.8) is 0 Å². The third-order valence-corrected chi connectivity index (χ3v) is 4.88. The van der Waals surface area contributed by atoms with E-state index >= 15 is 0 Å². The molecule has 1 saturated heterocycles. The molecule has 3 unspecified atom stereocenters. The molecule has 2 N–H and O–H groups in total. The van der Waals surface area contributed by atoms with Gasteiger partial charge in [0.2, 0.25) is 5.95 Å². The number of imidazole rings is 1. The molecule has 0 radical (unpaired) electrons. The number of anilines is 1. The zero-order chi connectivity index (χ0) is 13.2. The lowest BCUT2D eigenvalue weighted by molar-refractivity contribution is 0.260. The third kappa shape index (κ3) is 2.50. The maximum Gasteiger partial charge on any atom is 0.205 e. The number of hydrogen-bond acceptors (Lipinski definition) is 3. The maximum atomic E-state index is 6.30. The highest BCUT2D eigenvalue weighted by Crippen LogP contribution is 2.37. The number of fused-ring (bicyclic) bond motifs is 1. The predicted octanol–water partition coefficient (Wildman–Crippen LogP) is 2.25. The van der Waals surface area contributed by atoms with E-state index in [1.807, 2.05) is 6.20 Å². The lowest BCUT2D eigenvalue weighted by atomic mass is 9.78. The minimum atomic E-state index is 0.405. The van der Waals surface area contributed by atoms with Crippen LogP contribution in [0.1, 0.15) is 39.0 Å². The Bertz CT molecular complexity index is 414. The molecule has 1 aliphatic carbocycles. The minimum absolute atomic E-state index is 0.405. The Morgan fingerprint density at radius 3 is 3.05 bits per heavy atom. The van der Waals surface area contributed by atoms with Gasteiger partial charge in [-0.15, -0.1) is 0 Å². The van der Waals surface area contributed by atoms with Gasteiger partial charge in [0.1, 0.15) is 0 Å². The van der Waals surface area contributed by atoms with Gasteiger partial charge in [-0.05, 0) is 31.1 Å². The summed E-state index contributed by atoms with van der Waals surface area (Å²) < 4.78 is 2.31. The average molecular weight is 262 g/mol. The van der Waals surface area contributed by atoms with E-state index in [0.29, 0.717) is 12.0 Å². The molecule has 1 aliphatic heterocycles. The van der Waals surface area contributed by atoms with Crippen molar-refractivity contribution in [2.45, 2.75) is 51.6 Å². The standard InChI is InChI=1S/C15H26N4/c1-2-3-8-18-9-7-17-15(18)19-10-12-5-4-6-14(16)13(12)11-19/h7,9,12-14H,2-6,8,10-11,16H2,1H3. The molecule has 3 rings (SSSR count). The van der Waals surface area contributed by atoms with Crippen molar-refractivity contribution >= 4 is 5.95 Å². The number of aromatic nitrogens is 2. The topological polar surface area (TPSA) is 47.1 Å². The zero-order valence-electron chi connectivity index (χ0n) is 12.0. The zero-order valence-corrected chi connectivity index (χ0v) is 12.0. The summed E-state index contributed by atoms with van der Waals surface area (Å²) in [6.45, 7) is 5.58. The van der Waals surface area contributed by atoms with Crippen LogP contribution in [0.2, 0.25) is 0 Å². The monoisotopic (exact) mass is 262 g/mol. The lowest BCUT2D eigenvalue weighted by Gasteiger charge is -2.29. The second kappa shape index (κ2) is 5.53. The van der Waals surface area contributed by atoms with Crippen LogP contribution in [-0.2, 0) is 6.54 Å². The number of rotatable bonds is 4. The van der Waals surface area contributed by atoms with E-state index in [1.54, 1.807) is 0 Å². The van der Waals surface area contributed by atoms with Gasteiger partial charge < -0.3 is 15.2 Å². The van der Waals surface area contributed by atoms with E-state index < -0.39 is 0 Å². The summed E-state index contributed by atoms with van der Waals surface area (Å²) in [4.78, 5) is 7.05. The SMILES string of the molecule is CCCCn1ccnc1N1CC2CCCC(N)C2C1. The van der Waals surface area contributed by atoms with Crippen LogP contribution in [0.25, 0.3) is 0 Å². The van der Waals surface area contributed by atoms with E-state index in [-0.39, 0.29) is 0 Å². The van der Waals surface area contributed by atoms with Gasteiger partial charge in [0.15, 0.2) is 0 Å². The number of unbranched alkanes of at least 4 members (excludes halogenated alkanes) is 1. The average Bonchev–Trinajstić information content (AvgIpc) is 3.02. The van der Waals surface area contributed by atoms with E-state index in [0.717, 1.165) is 31.5 Å². The molecule has 0 spiro atoms. The quantitative estimate of drug-likeness (QED) is 0.905. The minimum Gasteiger partial charge on any atom is -0.342 e. The first-order valence-corrected chi connectivity index (χ1v) is 7.81. The summed E-state index contributed by atoms with van der Waals surface area (Å²) in [5.74, 6) is 2.64. The fourth-order valence-electron chi connectivity index (χ4n) is 3.77. The number of nitrogens with zero attached hydrogens (tertiary/aromatic N) is 3. The summed E-state index contributed by atoms with van der Waals surface area (Å²) >= 11 is 0. The Labute approximate surface area is 116 Å². The second-order valence-corrected chi connectivity index (χ2v) is 6.20. The van der Waals surface area contributed by atoms with Crippen molar-refractivity contribution in [3.8, 4) is 0 Å². The Kier molecular flexibility index (Phi) is 3.78. The van der Waals surface area contributed by atoms with Crippen LogP contribution in [-0.4, -0.2) is 28.7 Å². The fraction of sp³-hybridized carbons (Fsp3) is 0.800. The molecule has 3 atom stereocenters. The van der Waals surface area contributed by atoms with Gasteiger partial charge in [0.05, 0.1) is 0 Å². The maximum absolute atomic E-state index is 6.30. The second-order valence-electron chi connectivity index (χ2n) is 6.20. The molecule has 1 saturated carbocycles. The predicted molar refractivity (Wildman–Crippen MR) is 78.2 cm³/mol. The van der Waals surface area contributed by atoms with Gasteiger partial charge in [0, 0.05) is 38.1 Å². The van der Waals surface area contributed by atoms with Gasteiger partial charge in [0.25, 0.3) is 0 Å². The van der Waals surface area contributed by atoms with Gasteiger partial charge in [-0.25, -0.2) is 4.98 Å². The highest BCUT2D eigenvalue weighted by atomic mass is 15.3. The van der Waals surface area contributed by atoms with Gasteiger partial charge in [-0.3, -0.25) is 0 Å². The molecule has 2 heterocycles. The number of aryl methyl sites for hydroxylation is 1. The van der Waals surface area contributed by atoms with Crippen LogP contribution in [0.3, 0.4) is 0 Å². The van der Waals surface area contributed by atoms with E-state index in [1.165, 1.54) is 32.1 Å². The van der Waals surface area contributed by atoms with Gasteiger partial charge in [-0.2, -0.15) is 0 Å². The summed E-state index contributed by atoms with van der Waals surface area (Å²) in [7, 11) is 0. The molecular formula is C15H26N4. The Morgan fingerprint density at radius 1 is 1.37 bits per heavy atom. The van der Waals surface area contributed by atoms with Crippen LogP contribution in [0.5, 0.6) is 0 Å². The lowest BCUT2D eigenvalue weighted by Crippen LogP contribution is -2.38. The molecule has 0 bridgehead atoms. The van der Waals surface area contributed by atoms with Gasteiger partial charge in [-0.1, -0.05) is 19.8 Å². The van der Waals surface area contributed by atoms with Crippen molar-refractivity contribution in [2.24, 2.45) is 17.6 Å². The van der Waals surface area contributed by atoms with Crippen LogP contribution in [0.15, 0.2) is 12.4 Å². The van der Waals surface area contributed by atoms with Crippen molar-refractivity contribution in [3.05, 3.63) is 12.4 Å². The highest BCUT2D eigenvalue weighted by Gasteiger charge is 2.39. The molecule has 106 valence electrons. The molecule has 0 amide bonds. The molecular weight excluding hydrogens is 236 g/mol. The van der Waals surface area contributed by atoms with Crippen molar-refractivity contribution in [1.29, 1.82) is 0 Å². The summed E-state index contributed by atoms with van der Waals surface area (Å²) in [5, 5.41) is 0. The number of hydrogen-bond donors (Lipinski definition) is 1. The fourth-order valence-corrected chi connectivity index (χ4v) is 3.77. The van der Waals surface area contributed by atoms with Crippen LogP contribution in [0.4, 0.5) is 5.95 Å². The van der Waals surface area contributed by atoms with Crippen molar-refractivity contribution in [1.82, 2.24) is 9.55 Å². The summed E-state index contributed by atoms with van der Waals surface area (Å²) in [6, 6.07) is 0.405. The van der Waals surface area contributed by atoms with E-state index in [4.69, 9.17) is 5.73 Å². The molecule has 4 heteroatoms. The first-order chi connectivity index (χ1) is 9.29. The smallest absolute Gasteiger partial charge is 0.205 e. The third-order valence-electron chi connectivity index (χ3n) is 4.88. The molecule has 0 aromatic carbocycles. The Hall–Kier alpha value is -1.03. The first-order valence-electron chi connectivity index (χ1n) is 7.81. The number of nitrogens with two attached hydrogens (primary N) is 1. The van der Waals surface area contributed by atoms with Gasteiger partial charge >= 0.3 is 0 Å². The summed E-state index contributed by atoms with van der Waals surface area (Å²) in [6.07, 6.45) is 10.4. The van der Waals surface area contributed by atoms with Crippen LogP contribution in [0, 0.1) is 11.8 Å². The molecule has 1 aromatic heterocycles. The van der Waals surface area contributed by atoms with E-state index in [9.17, 15) is 0 Å².